The second-order valence-corrected chi connectivity index (χ2v) is 3.80. The molecule has 0 spiro atoms. The van der Waals surface area contributed by atoms with Gasteiger partial charge in [-0.05, 0) is 22.0 Å². The van der Waals surface area contributed by atoms with Gasteiger partial charge in [-0.3, -0.25) is 4.79 Å². The zero-order valence-corrected chi connectivity index (χ0v) is 9.39. The fourth-order valence-corrected chi connectivity index (χ4v) is 1.95. The summed E-state index contributed by atoms with van der Waals surface area (Å²) in [7, 11) is 1.45. The van der Waals surface area contributed by atoms with E-state index in [1.165, 1.54) is 13.2 Å². The summed E-state index contributed by atoms with van der Waals surface area (Å²) in [6, 6.07) is 2.88. The average molecular weight is 272 g/mol. The van der Waals surface area contributed by atoms with Gasteiger partial charge in [0.1, 0.15) is 5.75 Å². The SMILES string of the molecule is COc1cc(F)c2[nH]c(Br)c(C=O)c2c1. The molecule has 0 amide bonds. The van der Waals surface area contributed by atoms with Crippen LogP contribution in [0.15, 0.2) is 16.7 Å². The third-order valence-corrected chi connectivity index (χ3v) is 2.80. The third kappa shape index (κ3) is 1.52. The van der Waals surface area contributed by atoms with E-state index < -0.39 is 5.82 Å². The van der Waals surface area contributed by atoms with Crippen molar-refractivity contribution in [2.24, 2.45) is 0 Å². The number of ether oxygens (including phenoxy) is 1. The normalized spacial score (nSPS) is 10.6. The molecule has 0 saturated carbocycles. The van der Waals surface area contributed by atoms with Gasteiger partial charge in [-0.2, -0.15) is 0 Å². The summed E-state index contributed by atoms with van der Waals surface area (Å²) < 4.78 is 18.9. The number of carbonyl (C=O) groups is 1. The highest BCUT2D eigenvalue weighted by Crippen LogP contribution is 2.30. The van der Waals surface area contributed by atoms with E-state index in [-0.39, 0.29) is 0 Å². The van der Waals surface area contributed by atoms with Crippen molar-refractivity contribution in [2.75, 3.05) is 7.11 Å². The van der Waals surface area contributed by atoms with Crippen LogP contribution in [0.3, 0.4) is 0 Å². The summed E-state index contributed by atoms with van der Waals surface area (Å²) in [6.45, 7) is 0. The second-order valence-electron chi connectivity index (χ2n) is 3.00. The van der Waals surface area contributed by atoms with E-state index in [4.69, 9.17) is 4.74 Å². The first-order valence-corrected chi connectivity index (χ1v) is 4.96. The van der Waals surface area contributed by atoms with Gasteiger partial charge in [0.15, 0.2) is 12.1 Å². The zero-order valence-electron chi connectivity index (χ0n) is 7.80. The molecule has 3 nitrogen and oxygen atoms in total. The first kappa shape index (κ1) is 10.2. The van der Waals surface area contributed by atoms with Gasteiger partial charge in [-0.15, -0.1) is 0 Å². The summed E-state index contributed by atoms with van der Waals surface area (Å²) in [5.41, 5.74) is 0.688. The highest BCUT2D eigenvalue weighted by Gasteiger charge is 2.13. The molecule has 0 unspecified atom stereocenters. The smallest absolute Gasteiger partial charge is 0.153 e. The Bertz CT molecular complexity index is 536. The highest BCUT2D eigenvalue weighted by atomic mass is 79.9. The van der Waals surface area contributed by atoms with Crippen LogP contribution in [0.2, 0.25) is 0 Å². The predicted octanol–water partition coefficient (Wildman–Crippen LogP) is 2.89. The van der Waals surface area contributed by atoms with Crippen molar-refractivity contribution in [1.82, 2.24) is 4.98 Å². The van der Waals surface area contributed by atoms with Gasteiger partial charge >= 0.3 is 0 Å². The number of hydrogen-bond acceptors (Lipinski definition) is 2. The number of carbonyl (C=O) groups excluding carboxylic acids is 1. The van der Waals surface area contributed by atoms with E-state index in [1.807, 2.05) is 0 Å². The minimum Gasteiger partial charge on any atom is -0.497 e. The van der Waals surface area contributed by atoms with E-state index in [0.29, 0.717) is 33.1 Å². The Morgan fingerprint density at radius 2 is 2.27 bits per heavy atom. The molecule has 0 aliphatic heterocycles. The van der Waals surface area contributed by atoms with Gasteiger partial charge in [-0.1, -0.05) is 0 Å². The molecule has 0 saturated heterocycles. The molecule has 0 bridgehead atoms. The molecule has 0 atom stereocenters. The first-order valence-electron chi connectivity index (χ1n) is 4.17. The summed E-state index contributed by atoms with van der Waals surface area (Å²) in [4.78, 5) is 13.6. The van der Waals surface area contributed by atoms with E-state index in [2.05, 4.69) is 20.9 Å². The molecule has 78 valence electrons. The molecule has 0 radical (unpaired) electrons. The van der Waals surface area contributed by atoms with Crippen LogP contribution < -0.4 is 4.74 Å². The Balaban J connectivity index is 2.86. The zero-order chi connectivity index (χ0) is 11.0. The van der Waals surface area contributed by atoms with Crippen molar-refractivity contribution in [2.45, 2.75) is 0 Å². The molecule has 1 heterocycles. The Hall–Kier alpha value is -1.36. The lowest BCUT2D eigenvalue weighted by Gasteiger charge is -2.00. The van der Waals surface area contributed by atoms with Crippen molar-refractivity contribution in [3.8, 4) is 5.75 Å². The van der Waals surface area contributed by atoms with Crippen LogP contribution >= 0.6 is 15.9 Å². The number of halogens is 2. The van der Waals surface area contributed by atoms with Crippen LogP contribution in [-0.4, -0.2) is 18.4 Å². The van der Waals surface area contributed by atoms with Crippen molar-refractivity contribution < 1.29 is 13.9 Å². The number of benzene rings is 1. The maximum absolute atomic E-state index is 13.5. The van der Waals surface area contributed by atoms with Crippen LogP contribution in [0.5, 0.6) is 5.75 Å². The second kappa shape index (κ2) is 3.66. The van der Waals surface area contributed by atoms with E-state index in [1.54, 1.807) is 6.07 Å². The minimum atomic E-state index is -0.446. The van der Waals surface area contributed by atoms with Gasteiger partial charge in [0, 0.05) is 11.5 Å². The number of methoxy groups -OCH3 is 1. The van der Waals surface area contributed by atoms with Crippen molar-refractivity contribution in [1.29, 1.82) is 0 Å². The van der Waals surface area contributed by atoms with E-state index >= 15 is 0 Å². The number of aromatic nitrogens is 1. The fourth-order valence-electron chi connectivity index (χ4n) is 1.45. The monoisotopic (exact) mass is 271 g/mol. The van der Waals surface area contributed by atoms with Gasteiger partial charge in [0.2, 0.25) is 0 Å². The summed E-state index contributed by atoms with van der Waals surface area (Å²) in [6.07, 6.45) is 0.668. The van der Waals surface area contributed by atoms with E-state index in [0.717, 1.165) is 0 Å². The lowest BCUT2D eigenvalue weighted by molar-refractivity contribution is 0.112. The standard InChI is InChI=1S/C10H7BrFNO2/c1-15-5-2-6-7(4-14)10(11)13-9(6)8(12)3-5/h2-4,13H,1H3. The number of aldehydes is 1. The van der Waals surface area contributed by atoms with Crippen molar-refractivity contribution in [3.05, 3.63) is 28.1 Å². The molecular weight excluding hydrogens is 265 g/mol. The number of rotatable bonds is 2. The number of aromatic amines is 1. The quantitative estimate of drug-likeness (QED) is 0.854. The first-order chi connectivity index (χ1) is 7.17. The molecule has 2 rings (SSSR count). The largest absolute Gasteiger partial charge is 0.497 e. The Labute approximate surface area is 93.4 Å². The van der Waals surface area contributed by atoms with Gasteiger partial charge in [0.05, 0.1) is 22.8 Å². The molecule has 5 heteroatoms. The maximum Gasteiger partial charge on any atom is 0.153 e. The molecule has 0 fully saturated rings. The Kier molecular flexibility index (Phi) is 2.48. The molecule has 2 aromatic rings. The van der Waals surface area contributed by atoms with Gasteiger partial charge in [0.25, 0.3) is 0 Å². The van der Waals surface area contributed by atoms with Crippen molar-refractivity contribution in [3.63, 3.8) is 0 Å². The van der Waals surface area contributed by atoms with Crippen LogP contribution in [0.25, 0.3) is 10.9 Å². The molecule has 1 N–H and O–H groups in total. The Morgan fingerprint density at radius 3 is 2.87 bits per heavy atom. The molecular formula is C10H7BrFNO2. The number of H-pyrrole nitrogens is 1. The van der Waals surface area contributed by atoms with Crippen LogP contribution in [-0.2, 0) is 0 Å². The predicted molar refractivity (Wildman–Crippen MR) is 57.9 cm³/mol. The molecule has 1 aromatic carbocycles. The highest BCUT2D eigenvalue weighted by molar-refractivity contribution is 9.10. The Morgan fingerprint density at radius 1 is 1.53 bits per heavy atom. The van der Waals surface area contributed by atoms with Gasteiger partial charge in [-0.25, -0.2) is 4.39 Å². The van der Waals surface area contributed by atoms with Crippen molar-refractivity contribution >= 4 is 33.1 Å². The van der Waals surface area contributed by atoms with Crippen LogP contribution in [0.1, 0.15) is 10.4 Å². The molecule has 0 aliphatic carbocycles. The summed E-state index contributed by atoms with van der Waals surface area (Å²) in [5, 5.41) is 0.508. The molecule has 0 aliphatic rings. The number of hydrogen-bond donors (Lipinski definition) is 1. The fraction of sp³-hybridized carbons (Fsp3) is 0.100. The van der Waals surface area contributed by atoms with Crippen LogP contribution in [0, 0.1) is 5.82 Å². The minimum absolute atomic E-state index is 0.296. The van der Waals surface area contributed by atoms with E-state index in [9.17, 15) is 9.18 Å². The molecule has 1 aromatic heterocycles. The number of nitrogens with one attached hydrogen (secondary N) is 1. The van der Waals surface area contributed by atoms with Gasteiger partial charge < -0.3 is 9.72 Å². The maximum atomic E-state index is 13.5. The lowest BCUT2D eigenvalue weighted by atomic mass is 10.2. The topological polar surface area (TPSA) is 42.1 Å². The summed E-state index contributed by atoms with van der Waals surface area (Å²) in [5.74, 6) is -0.0623. The number of fused-ring (bicyclic) bond motifs is 1. The molecule has 15 heavy (non-hydrogen) atoms. The third-order valence-electron chi connectivity index (χ3n) is 2.18. The average Bonchev–Trinajstić information content (AvgIpc) is 2.54. The lowest BCUT2D eigenvalue weighted by Crippen LogP contribution is -1.86. The van der Waals surface area contributed by atoms with Crippen LogP contribution in [0.4, 0.5) is 4.39 Å². The summed E-state index contributed by atoms with van der Waals surface area (Å²) >= 11 is 3.16.